The van der Waals surface area contributed by atoms with Crippen LogP contribution < -0.4 is 0 Å². The van der Waals surface area contributed by atoms with E-state index in [1.165, 1.54) is 22.1 Å². The average Bonchev–Trinajstić information content (AvgIpc) is 3.35. The monoisotopic (exact) mass is 427 g/mol. The highest BCUT2D eigenvalue weighted by atomic mass is 79.9. The van der Waals surface area contributed by atoms with E-state index in [9.17, 15) is 0 Å². The molecule has 1 N–H and O–H groups in total. The molecule has 0 spiro atoms. The molecular formula is C24H18BrN3. The smallest absolute Gasteiger partial charge is 0.0954 e. The minimum Gasteiger partial charge on any atom is -0.353 e. The Hall–Kier alpha value is -3.11. The van der Waals surface area contributed by atoms with Gasteiger partial charge in [0.25, 0.3) is 0 Å². The third-order valence-corrected chi connectivity index (χ3v) is 5.48. The second kappa shape index (κ2) is 7.13. The number of imidazole rings is 1. The zero-order chi connectivity index (χ0) is 18.9. The fourth-order valence-corrected chi connectivity index (χ4v) is 3.92. The largest absolute Gasteiger partial charge is 0.353 e. The topological polar surface area (TPSA) is 33.6 Å². The molecular weight excluding hydrogens is 410 g/mol. The Bertz CT molecular complexity index is 1230. The molecule has 0 aliphatic carbocycles. The normalized spacial score (nSPS) is 11.2. The van der Waals surface area contributed by atoms with E-state index in [1.54, 1.807) is 0 Å². The Kier molecular flexibility index (Phi) is 4.34. The van der Waals surface area contributed by atoms with Crippen molar-refractivity contribution >= 4 is 26.8 Å². The summed E-state index contributed by atoms with van der Waals surface area (Å²) < 4.78 is 3.26. The number of hydrogen-bond acceptors (Lipinski definition) is 1. The molecule has 3 aromatic carbocycles. The van der Waals surface area contributed by atoms with Crippen LogP contribution in [0, 0.1) is 0 Å². The summed E-state index contributed by atoms with van der Waals surface area (Å²) in [5.41, 5.74) is 7.00. The minimum absolute atomic E-state index is 0.781. The number of hydrogen-bond donors (Lipinski definition) is 1. The molecule has 4 heteroatoms. The fourth-order valence-electron chi connectivity index (χ4n) is 3.54. The molecule has 0 aliphatic rings. The predicted molar refractivity (Wildman–Crippen MR) is 118 cm³/mol. The lowest BCUT2D eigenvalue weighted by molar-refractivity contribution is 0.803. The van der Waals surface area contributed by atoms with Crippen LogP contribution in [0.25, 0.3) is 33.4 Å². The Labute approximate surface area is 171 Å². The summed E-state index contributed by atoms with van der Waals surface area (Å²) in [6.45, 7) is 0.781. The second-order valence-electron chi connectivity index (χ2n) is 6.88. The van der Waals surface area contributed by atoms with Crippen LogP contribution in [-0.4, -0.2) is 14.5 Å². The second-order valence-corrected chi connectivity index (χ2v) is 7.80. The van der Waals surface area contributed by atoms with E-state index in [0.29, 0.717) is 0 Å². The molecule has 0 amide bonds. The zero-order valence-corrected chi connectivity index (χ0v) is 16.7. The molecule has 0 radical (unpaired) electrons. The lowest BCUT2D eigenvalue weighted by Crippen LogP contribution is -2.00. The molecule has 2 aromatic heterocycles. The molecule has 0 aliphatic heterocycles. The molecule has 0 saturated carbocycles. The zero-order valence-electron chi connectivity index (χ0n) is 15.1. The molecule has 0 bridgehead atoms. The first-order valence-electron chi connectivity index (χ1n) is 9.19. The van der Waals surface area contributed by atoms with Crippen LogP contribution in [0.4, 0.5) is 0 Å². The fraction of sp³-hybridized carbons (Fsp3) is 0.0417. The molecule has 3 nitrogen and oxygen atoms in total. The van der Waals surface area contributed by atoms with Gasteiger partial charge in [0.1, 0.15) is 0 Å². The van der Waals surface area contributed by atoms with Gasteiger partial charge in [-0.3, -0.25) is 0 Å². The number of nitrogens with one attached hydrogen (secondary N) is 1. The standard InChI is InChI=1S/C24H18BrN3/c25-21-10-11-22-20(12-21)13-23(27-22)24-14-26-16-28(24)15-17-6-8-19(9-7-17)18-4-2-1-3-5-18/h1-14,16,27H,15H2. The van der Waals surface area contributed by atoms with Crippen molar-refractivity contribution in [2.75, 3.05) is 0 Å². The average molecular weight is 428 g/mol. The number of halogens is 1. The van der Waals surface area contributed by atoms with Gasteiger partial charge in [-0.05, 0) is 41.0 Å². The summed E-state index contributed by atoms with van der Waals surface area (Å²) in [6, 6.07) is 27.6. The van der Waals surface area contributed by atoms with E-state index >= 15 is 0 Å². The highest BCUT2D eigenvalue weighted by Crippen LogP contribution is 2.27. The van der Waals surface area contributed by atoms with Gasteiger partial charge in [0.05, 0.1) is 23.9 Å². The van der Waals surface area contributed by atoms with E-state index in [4.69, 9.17) is 0 Å². The molecule has 0 saturated heterocycles. The van der Waals surface area contributed by atoms with Crippen molar-refractivity contribution < 1.29 is 0 Å². The lowest BCUT2D eigenvalue weighted by Gasteiger charge is -2.08. The highest BCUT2D eigenvalue weighted by Gasteiger charge is 2.09. The summed E-state index contributed by atoms with van der Waals surface area (Å²) >= 11 is 3.54. The van der Waals surface area contributed by atoms with Crippen molar-refractivity contribution in [1.29, 1.82) is 0 Å². The summed E-state index contributed by atoms with van der Waals surface area (Å²) in [4.78, 5) is 7.88. The van der Waals surface area contributed by atoms with E-state index < -0.39 is 0 Å². The molecule has 28 heavy (non-hydrogen) atoms. The first kappa shape index (κ1) is 17.0. The predicted octanol–water partition coefficient (Wildman–Crippen LogP) is 6.51. The van der Waals surface area contributed by atoms with Crippen LogP contribution in [0.1, 0.15) is 5.56 Å². The van der Waals surface area contributed by atoms with Crippen molar-refractivity contribution in [1.82, 2.24) is 14.5 Å². The van der Waals surface area contributed by atoms with Crippen LogP contribution in [-0.2, 0) is 6.54 Å². The first-order chi connectivity index (χ1) is 13.8. The highest BCUT2D eigenvalue weighted by molar-refractivity contribution is 9.10. The third-order valence-electron chi connectivity index (χ3n) is 4.99. The van der Waals surface area contributed by atoms with Crippen molar-refractivity contribution in [2.24, 2.45) is 0 Å². The van der Waals surface area contributed by atoms with E-state index in [1.807, 2.05) is 24.7 Å². The van der Waals surface area contributed by atoms with Gasteiger partial charge >= 0.3 is 0 Å². The molecule has 0 unspecified atom stereocenters. The first-order valence-corrected chi connectivity index (χ1v) is 9.99. The van der Waals surface area contributed by atoms with Crippen molar-refractivity contribution in [2.45, 2.75) is 6.54 Å². The van der Waals surface area contributed by atoms with Crippen LogP contribution in [0.5, 0.6) is 0 Å². The summed E-state index contributed by atoms with van der Waals surface area (Å²) in [6.07, 6.45) is 3.81. The van der Waals surface area contributed by atoms with Gasteiger partial charge in [-0.15, -0.1) is 0 Å². The third kappa shape index (κ3) is 3.27. The number of fused-ring (bicyclic) bond motifs is 1. The maximum atomic E-state index is 4.38. The maximum absolute atomic E-state index is 4.38. The molecule has 5 rings (SSSR count). The van der Waals surface area contributed by atoms with E-state index in [-0.39, 0.29) is 0 Å². The molecule has 5 aromatic rings. The Morgan fingerprint density at radius 3 is 2.46 bits per heavy atom. The van der Waals surface area contributed by atoms with Crippen molar-refractivity contribution in [3.05, 3.63) is 101 Å². The molecule has 136 valence electrons. The van der Waals surface area contributed by atoms with Gasteiger partial charge in [-0.1, -0.05) is 70.5 Å². The lowest BCUT2D eigenvalue weighted by atomic mass is 10.0. The quantitative estimate of drug-likeness (QED) is 0.348. The number of rotatable bonds is 4. The van der Waals surface area contributed by atoms with Crippen LogP contribution in [0.3, 0.4) is 0 Å². The van der Waals surface area contributed by atoms with Crippen LogP contribution in [0.2, 0.25) is 0 Å². The van der Waals surface area contributed by atoms with Gasteiger partial charge in [0, 0.05) is 21.9 Å². The van der Waals surface area contributed by atoms with Gasteiger partial charge in [-0.2, -0.15) is 0 Å². The molecule has 0 atom stereocenters. The minimum atomic E-state index is 0.781. The molecule has 2 heterocycles. The molecule has 0 fully saturated rings. The van der Waals surface area contributed by atoms with E-state index in [2.05, 4.69) is 97.2 Å². The summed E-state index contributed by atoms with van der Waals surface area (Å²) in [5, 5.41) is 1.18. The van der Waals surface area contributed by atoms with Gasteiger partial charge in [0.15, 0.2) is 0 Å². The number of aromatic amines is 1. The van der Waals surface area contributed by atoms with Gasteiger partial charge < -0.3 is 9.55 Å². The Morgan fingerprint density at radius 2 is 1.64 bits per heavy atom. The maximum Gasteiger partial charge on any atom is 0.0954 e. The summed E-state index contributed by atoms with van der Waals surface area (Å²) in [5.74, 6) is 0. The van der Waals surface area contributed by atoms with Crippen LogP contribution >= 0.6 is 15.9 Å². The SMILES string of the molecule is Brc1ccc2[nH]c(-c3cncn3Cc3ccc(-c4ccccc4)cc3)cc2c1. The number of aromatic nitrogens is 3. The number of nitrogens with zero attached hydrogens (tertiary/aromatic N) is 2. The van der Waals surface area contributed by atoms with Crippen molar-refractivity contribution in [3.8, 4) is 22.5 Å². The number of H-pyrrole nitrogens is 1. The number of benzene rings is 3. The van der Waals surface area contributed by atoms with Gasteiger partial charge in [0.2, 0.25) is 0 Å². The van der Waals surface area contributed by atoms with E-state index in [0.717, 1.165) is 27.9 Å². The Morgan fingerprint density at radius 1 is 0.857 bits per heavy atom. The summed E-state index contributed by atoms with van der Waals surface area (Å²) in [7, 11) is 0. The van der Waals surface area contributed by atoms with Crippen molar-refractivity contribution in [3.63, 3.8) is 0 Å². The van der Waals surface area contributed by atoms with Crippen LogP contribution in [0.15, 0.2) is 95.9 Å². The Balaban J connectivity index is 1.43. The van der Waals surface area contributed by atoms with Gasteiger partial charge in [-0.25, -0.2) is 4.98 Å².